The second-order valence-corrected chi connectivity index (χ2v) is 22.2. The summed E-state index contributed by atoms with van der Waals surface area (Å²) in [7, 11) is -3.64. The van der Waals surface area contributed by atoms with Crippen LogP contribution in [0.3, 0.4) is 0 Å². The highest BCUT2D eigenvalue weighted by atomic mass is 32.2. The molecule has 0 radical (unpaired) electrons. The van der Waals surface area contributed by atoms with E-state index in [9.17, 15) is 32.4 Å². The number of carbonyl (C=O) groups is 5. The first-order valence-electron chi connectivity index (χ1n) is 19.2. The summed E-state index contributed by atoms with van der Waals surface area (Å²) in [6, 6.07) is -2.51. The van der Waals surface area contributed by atoms with Gasteiger partial charge >= 0.3 is 6.03 Å². The Morgan fingerprint density at radius 3 is 2.00 bits per heavy atom. The van der Waals surface area contributed by atoms with E-state index >= 15 is 0 Å². The molecule has 0 aromatic heterocycles. The van der Waals surface area contributed by atoms with Gasteiger partial charge < -0.3 is 26.2 Å². The molecular formula is C38H63N5O7S. The number of urea groups is 1. The molecule has 0 aromatic rings. The zero-order chi connectivity index (χ0) is 38.1. The van der Waals surface area contributed by atoms with Gasteiger partial charge in [0.05, 0.1) is 15.5 Å². The van der Waals surface area contributed by atoms with Crippen molar-refractivity contribution < 1.29 is 32.4 Å². The number of rotatable bonds is 11. The van der Waals surface area contributed by atoms with Gasteiger partial charge in [-0.1, -0.05) is 67.2 Å². The number of piperidine rings is 1. The molecule has 0 bridgehead atoms. The van der Waals surface area contributed by atoms with Crippen molar-refractivity contribution in [2.45, 2.75) is 173 Å². The molecule has 1 aliphatic heterocycles. The van der Waals surface area contributed by atoms with Crippen LogP contribution in [-0.2, 0) is 29.0 Å². The van der Waals surface area contributed by atoms with Crippen molar-refractivity contribution in [2.24, 2.45) is 28.6 Å². The molecule has 0 aromatic carbocycles. The Balaban J connectivity index is 1.37. The Morgan fingerprint density at radius 2 is 1.49 bits per heavy atom. The zero-order valence-electron chi connectivity index (χ0n) is 32.5. The van der Waals surface area contributed by atoms with E-state index in [-0.39, 0.29) is 29.2 Å². The van der Waals surface area contributed by atoms with Crippen LogP contribution in [0.25, 0.3) is 0 Å². The fraction of sp³-hybridized carbons (Fsp3) is 0.868. The lowest BCUT2D eigenvalue weighted by atomic mass is 9.64. The SMILES string of the molecule is CCC1CC(NC(=O)[C@@H]2[C@@H]3[C@H](CN2C(=O)[C@@H](NC(=O)NC2([C@@H](C)S(=O)(=O)C(C)(C)C)CCCCC2)C(C)(C)C)C3(C)C)(C(=O)C(=O)NC2CC2)C1. The molecule has 51 heavy (non-hydrogen) atoms. The summed E-state index contributed by atoms with van der Waals surface area (Å²) in [5.74, 6) is -2.01. The number of nitrogens with one attached hydrogen (secondary N) is 4. The molecule has 5 aliphatic rings. The van der Waals surface area contributed by atoms with Gasteiger partial charge in [-0.05, 0) is 94.8 Å². The average Bonchev–Trinajstić information content (AvgIpc) is 3.86. The smallest absolute Gasteiger partial charge is 0.315 e. The van der Waals surface area contributed by atoms with E-state index in [0.717, 1.165) is 38.5 Å². The zero-order valence-corrected chi connectivity index (χ0v) is 33.3. The van der Waals surface area contributed by atoms with Gasteiger partial charge in [-0.15, -0.1) is 0 Å². The maximum Gasteiger partial charge on any atom is 0.315 e. The van der Waals surface area contributed by atoms with Crippen LogP contribution in [0.1, 0.15) is 133 Å². The molecule has 5 amide bonds. The van der Waals surface area contributed by atoms with Gasteiger partial charge in [0.25, 0.3) is 5.91 Å². The van der Waals surface area contributed by atoms with Crippen LogP contribution in [0.5, 0.6) is 0 Å². The second-order valence-electron chi connectivity index (χ2n) is 19.1. The van der Waals surface area contributed by atoms with E-state index in [4.69, 9.17) is 0 Å². The van der Waals surface area contributed by atoms with Gasteiger partial charge in [0.2, 0.25) is 17.6 Å². The molecule has 1 heterocycles. The number of ketones is 1. The maximum absolute atomic E-state index is 14.6. The van der Waals surface area contributed by atoms with E-state index in [2.05, 4.69) is 35.1 Å². The third kappa shape index (κ3) is 7.30. The number of hydrogen-bond donors (Lipinski definition) is 4. The summed E-state index contributed by atoms with van der Waals surface area (Å²) < 4.78 is 26.3. The van der Waals surface area contributed by atoms with Gasteiger partial charge in [-0.2, -0.15) is 0 Å². The third-order valence-electron chi connectivity index (χ3n) is 13.1. The first kappa shape index (κ1) is 39.5. The topological polar surface area (TPSA) is 171 Å². The summed E-state index contributed by atoms with van der Waals surface area (Å²) in [6.45, 7) is 18.7. The Bertz CT molecular complexity index is 1530. The van der Waals surface area contributed by atoms with Crippen LogP contribution in [0.2, 0.25) is 0 Å². The minimum Gasteiger partial charge on any atom is -0.347 e. The molecule has 12 nitrogen and oxygen atoms in total. The highest BCUT2D eigenvalue weighted by Gasteiger charge is 2.70. The van der Waals surface area contributed by atoms with Gasteiger partial charge in [-0.25, -0.2) is 13.2 Å². The number of fused-ring (bicyclic) bond motifs is 1. The largest absolute Gasteiger partial charge is 0.347 e. The van der Waals surface area contributed by atoms with Crippen LogP contribution >= 0.6 is 0 Å². The van der Waals surface area contributed by atoms with Crippen molar-refractivity contribution in [1.29, 1.82) is 0 Å². The number of Topliss-reactive ketones (excluding diaryl/α,β-unsaturated/α-hetero) is 1. The Labute approximate surface area is 305 Å². The first-order chi connectivity index (χ1) is 23.4. The van der Waals surface area contributed by atoms with Gasteiger partial charge in [0, 0.05) is 12.6 Å². The van der Waals surface area contributed by atoms with Crippen LogP contribution in [0.15, 0.2) is 0 Å². The van der Waals surface area contributed by atoms with Gasteiger partial charge in [0.15, 0.2) is 9.84 Å². The highest BCUT2D eigenvalue weighted by molar-refractivity contribution is 7.93. The number of carbonyl (C=O) groups excluding carboxylic acids is 5. The van der Waals surface area contributed by atoms with Gasteiger partial charge in [0.1, 0.15) is 17.6 Å². The predicted molar refractivity (Wildman–Crippen MR) is 195 cm³/mol. The molecule has 4 N–H and O–H groups in total. The molecule has 4 saturated carbocycles. The summed E-state index contributed by atoms with van der Waals surface area (Å²) in [5.41, 5.74) is -3.26. The number of amides is 5. The quantitative estimate of drug-likeness (QED) is 0.233. The van der Waals surface area contributed by atoms with Crippen molar-refractivity contribution in [3.63, 3.8) is 0 Å². The minimum atomic E-state index is -3.64. The van der Waals surface area contributed by atoms with E-state index in [1.165, 1.54) is 0 Å². The number of sulfone groups is 1. The fourth-order valence-electron chi connectivity index (χ4n) is 9.23. The first-order valence-corrected chi connectivity index (χ1v) is 20.8. The molecule has 13 heteroatoms. The molecule has 5 rings (SSSR count). The lowest BCUT2D eigenvalue weighted by Crippen LogP contribution is -2.69. The van der Waals surface area contributed by atoms with Crippen molar-refractivity contribution in [3.8, 4) is 0 Å². The van der Waals surface area contributed by atoms with Crippen molar-refractivity contribution in [3.05, 3.63) is 0 Å². The number of hydrogen-bond acceptors (Lipinski definition) is 7. The van der Waals surface area contributed by atoms with Crippen molar-refractivity contribution >= 4 is 39.4 Å². The molecule has 0 spiro atoms. The van der Waals surface area contributed by atoms with Gasteiger partial charge in [-0.3, -0.25) is 19.2 Å². The lowest BCUT2D eigenvalue weighted by molar-refractivity contribution is -0.150. The Kier molecular flexibility index (Phi) is 10.3. The average molecular weight is 734 g/mol. The summed E-state index contributed by atoms with van der Waals surface area (Å²) >= 11 is 0. The Morgan fingerprint density at radius 1 is 0.902 bits per heavy atom. The Hall–Kier alpha value is -2.70. The van der Waals surface area contributed by atoms with Crippen LogP contribution in [0, 0.1) is 28.6 Å². The van der Waals surface area contributed by atoms with E-state index in [1.54, 1.807) is 32.6 Å². The van der Waals surface area contributed by atoms with Crippen LogP contribution < -0.4 is 21.3 Å². The third-order valence-corrected chi connectivity index (χ3v) is 16.2. The van der Waals surface area contributed by atoms with E-state index in [1.807, 2.05) is 27.7 Å². The number of nitrogens with zero attached hydrogens (tertiary/aromatic N) is 1. The van der Waals surface area contributed by atoms with Crippen molar-refractivity contribution in [2.75, 3.05) is 6.54 Å². The molecule has 5 fully saturated rings. The molecular weight excluding hydrogens is 671 g/mol. The molecule has 0 unspecified atom stereocenters. The van der Waals surface area contributed by atoms with Crippen molar-refractivity contribution in [1.82, 2.24) is 26.2 Å². The highest BCUT2D eigenvalue weighted by Crippen LogP contribution is 2.65. The monoisotopic (exact) mass is 733 g/mol. The molecule has 288 valence electrons. The second kappa shape index (κ2) is 13.3. The summed E-state index contributed by atoms with van der Waals surface area (Å²) in [5, 5.41) is 10.9. The normalized spacial score (nSPS) is 30.9. The maximum atomic E-state index is 14.6. The lowest BCUT2D eigenvalue weighted by Gasteiger charge is -2.47. The number of likely N-dealkylation sites (tertiary alicyclic amines) is 1. The summed E-state index contributed by atoms with van der Waals surface area (Å²) in [4.78, 5) is 71.0. The molecule has 1 saturated heterocycles. The van der Waals surface area contributed by atoms with E-state index < -0.39 is 77.9 Å². The standard InChI is InChI=1S/C38H63N5O7S/c1-11-23-19-38(20-23,29(44)31(46)39-24-15-16-24)41-30(45)27-26-25(36(26,9)10)21-43(27)32(47)28(34(3,4)5)40-33(48)42-37(17-13-12-14-18-37)22(2)51(49,50)35(6,7)8/h22-28H,11-21H2,1-10H3,(H,39,46)(H,41,45)(H2,40,42,48)/t22-,23?,25+,26+,27+,28-,38?/m1/s1. The predicted octanol–water partition coefficient (Wildman–Crippen LogP) is 4.01. The molecule has 4 aliphatic carbocycles. The molecule has 5 atom stereocenters. The summed E-state index contributed by atoms with van der Waals surface area (Å²) in [6.07, 6.45) is 6.78. The minimum absolute atomic E-state index is 0.00495. The van der Waals surface area contributed by atoms with E-state index in [0.29, 0.717) is 32.2 Å². The van der Waals surface area contributed by atoms with Crippen LogP contribution in [-0.4, -0.2) is 88.6 Å². The fourth-order valence-corrected chi connectivity index (χ4v) is 11.2. The van der Waals surface area contributed by atoms with Crippen LogP contribution in [0.4, 0.5) is 4.79 Å².